The van der Waals surface area contributed by atoms with Gasteiger partial charge in [-0.2, -0.15) is 5.10 Å². The van der Waals surface area contributed by atoms with Gasteiger partial charge in [0.15, 0.2) is 5.96 Å². The van der Waals surface area contributed by atoms with Crippen molar-refractivity contribution >= 4 is 11.8 Å². The average Bonchev–Trinajstić information content (AvgIpc) is 3.08. The van der Waals surface area contributed by atoms with E-state index in [1.165, 1.54) is 0 Å². The molecule has 0 aromatic carbocycles. The standard InChI is InChI=1S/C18H28N8/c1-19-18(22-14-16-6-7-23-25(16)3)21-13-15-4-5-17(20-12-15)26-10-8-24(2)9-11-26/h4-7,12H,8-11,13-14H2,1-3H3,(H2,19,21,22). The van der Waals surface area contributed by atoms with Gasteiger partial charge < -0.3 is 20.4 Å². The molecular formula is C18H28N8. The second-order valence-electron chi connectivity index (χ2n) is 6.54. The van der Waals surface area contributed by atoms with Crippen LogP contribution in [0.2, 0.25) is 0 Å². The van der Waals surface area contributed by atoms with Crippen molar-refractivity contribution in [3.8, 4) is 0 Å². The minimum Gasteiger partial charge on any atom is -0.354 e. The zero-order chi connectivity index (χ0) is 18.4. The van der Waals surface area contributed by atoms with Gasteiger partial charge in [-0.1, -0.05) is 6.07 Å². The predicted molar refractivity (Wildman–Crippen MR) is 104 cm³/mol. The van der Waals surface area contributed by atoms with Gasteiger partial charge in [0.2, 0.25) is 0 Å². The third kappa shape index (κ3) is 4.72. The fourth-order valence-corrected chi connectivity index (χ4v) is 2.90. The monoisotopic (exact) mass is 356 g/mol. The maximum absolute atomic E-state index is 4.62. The van der Waals surface area contributed by atoms with Gasteiger partial charge in [0.05, 0.1) is 12.2 Å². The summed E-state index contributed by atoms with van der Waals surface area (Å²) in [6, 6.07) is 6.22. The van der Waals surface area contributed by atoms with Crippen molar-refractivity contribution in [2.75, 3.05) is 45.2 Å². The van der Waals surface area contributed by atoms with Crippen molar-refractivity contribution in [3.05, 3.63) is 41.9 Å². The van der Waals surface area contributed by atoms with Crippen LogP contribution in [0.15, 0.2) is 35.6 Å². The van der Waals surface area contributed by atoms with Crippen LogP contribution in [0.5, 0.6) is 0 Å². The number of guanidine groups is 1. The van der Waals surface area contributed by atoms with E-state index in [9.17, 15) is 0 Å². The Hall–Kier alpha value is -2.61. The van der Waals surface area contributed by atoms with Crippen LogP contribution in [0, 0.1) is 0 Å². The second kappa shape index (κ2) is 8.66. The van der Waals surface area contributed by atoms with E-state index in [-0.39, 0.29) is 0 Å². The highest BCUT2D eigenvalue weighted by atomic mass is 15.3. The van der Waals surface area contributed by atoms with Gasteiger partial charge >= 0.3 is 0 Å². The van der Waals surface area contributed by atoms with Crippen LogP contribution < -0.4 is 15.5 Å². The predicted octanol–water partition coefficient (Wildman–Crippen LogP) is 0.432. The first-order valence-electron chi connectivity index (χ1n) is 8.95. The molecule has 3 rings (SSSR count). The number of aromatic nitrogens is 3. The molecule has 1 saturated heterocycles. The molecule has 1 aliphatic rings. The third-order valence-corrected chi connectivity index (χ3v) is 4.68. The topological polar surface area (TPSA) is 73.6 Å². The molecule has 0 amide bonds. The second-order valence-corrected chi connectivity index (χ2v) is 6.54. The van der Waals surface area contributed by atoms with E-state index in [4.69, 9.17) is 0 Å². The highest BCUT2D eigenvalue weighted by Crippen LogP contribution is 2.13. The minimum absolute atomic E-state index is 0.677. The summed E-state index contributed by atoms with van der Waals surface area (Å²) in [6.45, 7) is 5.60. The molecule has 2 aromatic rings. The summed E-state index contributed by atoms with van der Waals surface area (Å²) in [5.41, 5.74) is 2.23. The van der Waals surface area contributed by atoms with Crippen molar-refractivity contribution in [3.63, 3.8) is 0 Å². The smallest absolute Gasteiger partial charge is 0.191 e. The first-order chi connectivity index (χ1) is 12.7. The van der Waals surface area contributed by atoms with Crippen LogP contribution in [-0.2, 0) is 20.1 Å². The molecule has 1 fully saturated rings. The molecule has 2 N–H and O–H groups in total. The first kappa shape index (κ1) is 18.2. The number of rotatable bonds is 5. The average molecular weight is 356 g/mol. The maximum Gasteiger partial charge on any atom is 0.191 e. The molecule has 1 aliphatic heterocycles. The molecule has 0 radical (unpaired) electrons. The molecule has 0 aliphatic carbocycles. The number of likely N-dealkylation sites (N-methyl/N-ethyl adjacent to an activating group) is 1. The zero-order valence-electron chi connectivity index (χ0n) is 15.8. The maximum atomic E-state index is 4.62. The SMILES string of the molecule is CN=C(NCc1ccc(N2CCN(C)CC2)nc1)NCc1ccnn1C. The number of aryl methyl sites for hydroxylation is 1. The molecule has 0 unspecified atom stereocenters. The summed E-state index contributed by atoms with van der Waals surface area (Å²) in [5.74, 6) is 1.81. The summed E-state index contributed by atoms with van der Waals surface area (Å²) >= 11 is 0. The van der Waals surface area contributed by atoms with Gasteiger partial charge in [-0.25, -0.2) is 4.98 Å². The molecular weight excluding hydrogens is 328 g/mol. The summed E-state index contributed by atoms with van der Waals surface area (Å²) < 4.78 is 1.85. The Labute approximate surface area is 154 Å². The van der Waals surface area contributed by atoms with Gasteiger partial charge in [0.1, 0.15) is 5.82 Å². The zero-order valence-corrected chi connectivity index (χ0v) is 15.8. The Morgan fingerprint density at radius 2 is 1.85 bits per heavy atom. The third-order valence-electron chi connectivity index (χ3n) is 4.68. The van der Waals surface area contributed by atoms with E-state index >= 15 is 0 Å². The van der Waals surface area contributed by atoms with Crippen molar-refractivity contribution in [2.24, 2.45) is 12.0 Å². The van der Waals surface area contributed by atoms with Gasteiger partial charge in [0, 0.05) is 59.2 Å². The molecule has 3 heterocycles. The van der Waals surface area contributed by atoms with E-state index in [1.54, 1.807) is 13.2 Å². The van der Waals surface area contributed by atoms with Crippen molar-refractivity contribution in [2.45, 2.75) is 13.1 Å². The number of piperazine rings is 1. The number of pyridine rings is 1. The number of aliphatic imine (C=N–C) groups is 1. The summed E-state index contributed by atoms with van der Waals surface area (Å²) in [6.07, 6.45) is 3.73. The molecule has 8 nitrogen and oxygen atoms in total. The molecule has 26 heavy (non-hydrogen) atoms. The Morgan fingerprint density at radius 1 is 1.08 bits per heavy atom. The van der Waals surface area contributed by atoms with Crippen LogP contribution in [0.3, 0.4) is 0 Å². The molecule has 8 heteroatoms. The van der Waals surface area contributed by atoms with Gasteiger partial charge in [0.25, 0.3) is 0 Å². The van der Waals surface area contributed by atoms with Crippen LogP contribution in [0.25, 0.3) is 0 Å². The first-order valence-corrected chi connectivity index (χ1v) is 8.95. The molecule has 0 bridgehead atoms. The van der Waals surface area contributed by atoms with E-state index in [1.807, 2.05) is 24.0 Å². The van der Waals surface area contributed by atoms with E-state index in [2.05, 4.69) is 54.7 Å². The Bertz CT molecular complexity index is 713. The number of hydrogen-bond donors (Lipinski definition) is 2. The fraction of sp³-hybridized carbons (Fsp3) is 0.500. The normalized spacial score (nSPS) is 16.0. The lowest BCUT2D eigenvalue weighted by Gasteiger charge is -2.33. The number of nitrogens with zero attached hydrogens (tertiary/aromatic N) is 6. The molecule has 140 valence electrons. The lowest BCUT2D eigenvalue weighted by Crippen LogP contribution is -2.44. The van der Waals surface area contributed by atoms with Crippen molar-refractivity contribution < 1.29 is 0 Å². The van der Waals surface area contributed by atoms with Gasteiger partial charge in [-0.15, -0.1) is 0 Å². The summed E-state index contributed by atoms with van der Waals surface area (Å²) in [7, 11) is 5.86. The van der Waals surface area contributed by atoms with Crippen LogP contribution >= 0.6 is 0 Å². The fourth-order valence-electron chi connectivity index (χ4n) is 2.90. The number of anilines is 1. The lowest BCUT2D eigenvalue weighted by atomic mass is 10.2. The summed E-state index contributed by atoms with van der Waals surface area (Å²) in [4.78, 5) is 13.6. The van der Waals surface area contributed by atoms with Crippen LogP contribution in [0.4, 0.5) is 5.82 Å². The summed E-state index contributed by atoms with van der Waals surface area (Å²) in [5, 5.41) is 10.8. The quantitative estimate of drug-likeness (QED) is 0.598. The van der Waals surface area contributed by atoms with Crippen molar-refractivity contribution in [1.82, 2.24) is 30.3 Å². The molecule has 0 saturated carbocycles. The number of nitrogens with one attached hydrogen (secondary N) is 2. The minimum atomic E-state index is 0.677. The van der Waals surface area contributed by atoms with Crippen LogP contribution in [-0.4, -0.2) is 65.9 Å². The van der Waals surface area contributed by atoms with E-state index in [0.717, 1.165) is 49.2 Å². The highest BCUT2D eigenvalue weighted by molar-refractivity contribution is 5.79. The Balaban J connectivity index is 1.48. The van der Waals surface area contributed by atoms with E-state index < -0.39 is 0 Å². The van der Waals surface area contributed by atoms with Gasteiger partial charge in [-0.05, 0) is 24.7 Å². The number of hydrogen-bond acceptors (Lipinski definition) is 5. The van der Waals surface area contributed by atoms with Crippen LogP contribution in [0.1, 0.15) is 11.3 Å². The largest absolute Gasteiger partial charge is 0.354 e. The van der Waals surface area contributed by atoms with E-state index in [0.29, 0.717) is 13.1 Å². The Morgan fingerprint density at radius 3 is 2.46 bits per heavy atom. The van der Waals surface area contributed by atoms with Crippen molar-refractivity contribution in [1.29, 1.82) is 0 Å². The molecule has 2 aromatic heterocycles. The lowest BCUT2D eigenvalue weighted by molar-refractivity contribution is 0.312. The van der Waals surface area contributed by atoms with Gasteiger partial charge in [-0.3, -0.25) is 9.67 Å². The Kier molecular flexibility index (Phi) is 6.06. The molecule has 0 spiro atoms. The highest BCUT2D eigenvalue weighted by Gasteiger charge is 2.14. The molecule has 0 atom stereocenters.